The highest BCUT2D eigenvalue weighted by atomic mass is 79.9. The minimum atomic E-state index is 0.0282. The fourth-order valence-electron chi connectivity index (χ4n) is 3.44. The topological polar surface area (TPSA) is 20.3 Å². The zero-order chi connectivity index (χ0) is 15.1. The Bertz CT molecular complexity index is 706. The fraction of sp³-hybridized carbons (Fsp3) is 0.316. The first kappa shape index (κ1) is 14.0. The summed E-state index contributed by atoms with van der Waals surface area (Å²) in [5.74, 6) is 0.960. The minimum Gasteiger partial charge on any atom is -0.312 e. The smallest absolute Gasteiger partial charge is 0.234 e. The number of benzene rings is 2. The molecule has 2 aliphatic rings. The van der Waals surface area contributed by atoms with Crippen LogP contribution in [0.5, 0.6) is 0 Å². The molecule has 2 aromatic rings. The van der Waals surface area contributed by atoms with Crippen molar-refractivity contribution in [2.24, 2.45) is 0 Å². The zero-order valence-corrected chi connectivity index (χ0v) is 13.9. The van der Waals surface area contributed by atoms with E-state index >= 15 is 0 Å². The molecule has 1 aliphatic carbocycles. The van der Waals surface area contributed by atoms with Gasteiger partial charge in [-0.3, -0.25) is 4.79 Å². The fourth-order valence-corrected chi connectivity index (χ4v) is 3.70. The lowest BCUT2D eigenvalue weighted by Gasteiger charge is -2.18. The van der Waals surface area contributed by atoms with Crippen LogP contribution in [0.3, 0.4) is 0 Å². The first-order valence-electron chi connectivity index (χ1n) is 7.90. The Labute approximate surface area is 139 Å². The molecule has 0 spiro atoms. The highest BCUT2D eigenvalue weighted by molar-refractivity contribution is 9.10. The molecule has 0 bridgehead atoms. The van der Waals surface area contributed by atoms with Crippen LogP contribution in [0.25, 0.3) is 0 Å². The highest BCUT2D eigenvalue weighted by Crippen LogP contribution is 2.45. The van der Waals surface area contributed by atoms with Gasteiger partial charge in [0.15, 0.2) is 0 Å². The van der Waals surface area contributed by atoms with Crippen molar-refractivity contribution in [3.8, 4) is 0 Å². The summed E-state index contributed by atoms with van der Waals surface area (Å²) >= 11 is 3.45. The number of hydrogen-bond acceptors (Lipinski definition) is 1. The Hall–Kier alpha value is -1.61. The maximum Gasteiger partial charge on any atom is 0.234 e. The van der Waals surface area contributed by atoms with Crippen molar-refractivity contribution in [3.05, 3.63) is 64.1 Å². The molecule has 1 unspecified atom stereocenters. The molecular formula is C19H18BrNO. The van der Waals surface area contributed by atoms with Gasteiger partial charge in [0, 0.05) is 16.7 Å². The quantitative estimate of drug-likeness (QED) is 0.770. The van der Waals surface area contributed by atoms with Crippen molar-refractivity contribution < 1.29 is 4.79 Å². The average molecular weight is 356 g/mol. The summed E-state index contributed by atoms with van der Waals surface area (Å²) in [4.78, 5) is 14.8. The lowest BCUT2D eigenvalue weighted by Crippen LogP contribution is -2.26. The van der Waals surface area contributed by atoms with E-state index in [2.05, 4.69) is 40.2 Å². The van der Waals surface area contributed by atoms with E-state index in [1.807, 2.05) is 29.2 Å². The molecule has 1 saturated heterocycles. The minimum absolute atomic E-state index is 0.0282. The molecule has 1 heterocycles. The van der Waals surface area contributed by atoms with Crippen LogP contribution in [0, 0.1) is 0 Å². The van der Waals surface area contributed by atoms with Crippen LogP contribution < -0.4 is 4.90 Å². The number of carbonyl (C=O) groups is 1. The third kappa shape index (κ3) is 2.48. The van der Waals surface area contributed by atoms with Crippen LogP contribution in [0.1, 0.15) is 42.2 Å². The van der Waals surface area contributed by atoms with Gasteiger partial charge in [-0.25, -0.2) is 0 Å². The molecule has 2 fully saturated rings. The predicted octanol–water partition coefficient (Wildman–Crippen LogP) is 4.85. The largest absolute Gasteiger partial charge is 0.312 e. The van der Waals surface area contributed by atoms with Crippen LogP contribution in [0.15, 0.2) is 53.0 Å². The van der Waals surface area contributed by atoms with Crippen molar-refractivity contribution in [2.75, 3.05) is 11.4 Å². The molecule has 2 aromatic carbocycles. The third-order valence-corrected chi connectivity index (χ3v) is 5.26. The summed E-state index contributed by atoms with van der Waals surface area (Å²) in [6, 6.07) is 16.5. The van der Waals surface area contributed by atoms with E-state index in [0.717, 1.165) is 23.1 Å². The summed E-state index contributed by atoms with van der Waals surface area (Å²) < 4.78 is 1.04. The molecule has 1 aliphatic heterocycles. The van der Waals surface area contributed by atoms with E-state index in [4.69, 9.17) is 0 Å². The SMILES string of the molecule is O=C1C(c2ccccc2C2CC2)CCN1c1ccc(Br)cc1. The molecule has 1 atom stereocenters. The van der Waals surface area contributed by atoms with Gasteiger partial charge in [-0.2, -0.15) is 0 Å². The molecule has 22 heavy (non-hydrogen) atoms. The molecule has 1 saturated carbocycles. The first-order chi connectivity index (χ1) is 10.7. The Morgan fingerprint density at radius 3 is 2.27 bits per heavy atom. The highest BCUT2D eigenvalue weighted by Gasteiger charge is 2.37. The summed E-state index contributed by atoms with van der Waals surface area (Å²) in [7, 11) is 0. The van der Waals surface area contributed by atoms with Gasteiger partial charge in [-0.15, -0.1) is 0 Å². The second kappa shape index (κ2) is 5.54. The second-order valence-electron chi connectivity index (χ2n) is 6.21. The molecule has 4 rings (SSSR count). The van der Waals surface area contributed by atoms with Crippen molar-refractivity contribution in [1.82, 2.24) is 0 Å². The monoisotopic (exact) mass is 355 g/mol. The Morgan fingerprint density at radius 2 is 1.59 bits per heavy atom. The van der Waals surface area contributed by atoms with Crippen molar-refractivity contribution >= 4 is 27.5 Å². The van der Waals surface area contributed by atoms with Crippen molar-refractivity contribution in [2.45, 2.75) is 31.1 Å². The van der Waals surface area contributed by atoms with E-state index in [1.54, 1.807) is 0 Å². The number of carbonyl (C=O) groups excluding carboxylic acids is 1. The number of halogens is 1. The van der Waals surface area contributed by atoms with Gasteiger partial charge < -0.3 is 4.90 Å². The lowest BCUT2D eigenvalue weighted by atomic mass is 9.91. The lowest BCUT2D eigenvalue weighted by molar-refractivity contribution is -0.118. The van der Waals surface area contributed by atoms with Gasteiger partial charge in [-0.05, 0) is 60.6 Å². The zero-order valence-electron chi connectivity index (χ0n) is 12.3. The normalized spacial score (nSPS) is 21.4. The summed E-state index contributed by atoms with van der Waals surface area (Å²) in [5, 5.41) is 0. The average Bonchev–Trinajstić information content (AvgIpc) is 3.32. The molecule has 1 amide bonds. The summed E-state index contributed by atoms with van der Waals surface area (Å²) in [6.45, 7) is 0.810. The van der Waals surface area contributed by atoms with Crippen LogP contribution in [-0.2, 0) is 4.79 Å². The molecule has 2 nitrogen and oxygen atoms in total. The maximum absolute atomic E-state index is 12.9. The first-order valence-corrected chi connectivity index (χ1v) is 8.69. The van der Waals surface area contributed by atoms with Gasteiger partial charge in [0.25, 0.3) is 0 Å². The van der Waals surface area contributed by atoms with Crippen LogP contribution in [0.2, 0.25) is 0 Å². The number of rotatable bonds is 3. The maximum atomic E-state index is 12.9. The Morgan fingerprint density at radius 1 is 0.909 bits per heavy atom. The molecule has 112 valence electrons. The molecular weight excluding hydrogens is 338 g/mol. The van der Waals surface area contributed by atoms with Crippen LogP contribution >= 0.6 is 15.9 Å². The third-order valence-electron chi connectivity index (χ3n) is 4.73. The number of amides is 1. The van der Waals surface area contributed by atoms with Crippen molar-refractivity contribution in [1.29, 1.82) is 0 Å². The van der Waals surface area contributed by atoms with Crippen molar-refractivity contribution in [3.63, 3.8) is 0 Å². The summed E-state index contributed by atoms with van der Waals surface area (Å²) in [5.41, 5.74) is 3.66. The summed E-state index contributed by atoms with van der Waals surface area (Å²) in [6.07, 6.45) is 3.46. The molecule has 0 radical (unpaired) electrons. The van der Waals surface area contributed by atoms with E-state index in [0.29, 0.717) is 5.92 Å². The van der Waals surface area contributed by atoms with Crippen LogP contribution in [0.4, 0.5) is 5.69 Å². The van der Waals surface area contributed by atoms with E-state index in [1.165, 1.54) is 24.0 Å². The molecule has 0 N–H and O–H groups in total. The van der Waals surface area contributed by atoms with Crippen LogP contribution in [-0.4, -0.2) is 12.5 Å². The van der Waals surface area contributed by atoms with Gasteiger partial charge in [0.2, 0.25) is 5.91 Å². The molecule has 3 heteroatoms. The Kier molecular flexibility index (Phi) is 3.53. The van der Waals surface area contributed by atoms with Gasteiger partial charge in [0.05, 0.1) is 5.92 Å². The second-order valence-corrected chi connectivity index (χ2v) is 7.13. The predicted molar refractivity (Wildman–Crippen MR) is 92.3 cm³/mol. The van der Waals surface area contributed by atoms with Gasteiger partial charge >= 0.3 is 0 Å². The van der Waals surface area contributed by atoms with E-state index in [-0.39, 0.29) is 11.8 Å². The van der Waals surface area contributed by atoms with Gasteiger partial charge in [0.1, 0.15) is 0 Å². The number of hydrogen-bond donors (Lipinski definition) is 0. The van der Waals surface area contributed by atoms with E-state index in [9.17, 15) is 4.79 Å². The molecule has 0 aromatic heterocycles. The standard InChI is InChI=1S/C19H18BrNO/c20-14-7-9-15(10-8-14)21-12-11-18(19(21)22)17-4-2-1-3-16(17)13-5-6-13/h1-4,7-10,13,18H,5-6,11-12H2. The van der Waals surface area contributed by atoms with E-state index < -0.39 is 0 Å². The van der Waals surface area contributed by atoms with Gasteiger partial charge in [-0.1, -0.05) is 40.2 Å². The number of anilines is 1. The number of nitrogens with zero attached hydrogens (tertiary/aromatic N) is 1. The Balaban J connectivity index is 1.63.